The van der Waals surface area contributed by atoms with E-state index >= 15 is 0 Å². The lowest BCUT2D eigenvalue weighted by Gasteiger charge is -2.35. The van der Waals surface area contributed by atoms with Crippen LogP contribution >= 0.6 is 0 Å². The van der Waals surface area contributed by atoms with Crippen LogP contribution in [0.25, 0.3) is 27.6 Å². The maximum atomic E-state index is 12.4. The molecule has 0 spiro atoms. The van der Waals surface area contributed by atoms with Crippen molar-refractivity contribution in [1.29, 1.82) is 0 Å². The van der Waals surface area contributed by atoms with Gasteiger partial charge in [0.15, 0.2) is 0 Å². The predicted octanol–water partition coefficient (Wildman–Crippen LogP) is 5.73. The standard InChI is InChI=1S/C29H35N5O2.C2H6/c1-4-6-24(27-19-34(20(2)35)12-9-28(27)32-23-10-13-36-14-11-23)25-8-5-7-21-15-29(30-17-26(21)25)22-16-31-33(3)18-22;1-2/h5-8,15-18,23,32H,4,9-14,19H2,1-3H3;1-2H3/b24-6+;. The van der Waals surface area contributed by atoms with Crippen molar-refractivity contribution in [3.8, 4) is 11.3 Å². The molecule has 2 aliphatic heterocycles. The largest absolute Gasteiger partial charge is 0.385 e. The van der Waals surface area contributed by atoms with Gasteiger partial charge < -0.3 is 15.0 Å². The van der Waals surface area contributed by atoms with E-state index in [-0.39, 0.29) is 5.91 Å². The number of rotatable bonds is 6. The molecule has 5 rings (SSSR count). The fraction of sp³-hybridized carbons (Fsp3) is 0.452. The molecule has 4 heterocycles. The van der Waals surface area contributed by atoms with Crippen molar-refractivity contribution in [2.45, 2.75) is 59.4 Å². The summed E-state index contributed by atoms with van der Waals surface area (Å²) in [6, 6.07) is 8.99. The molecule has 1 N–H and O–H groups in total. The van der Waals surface area contributed by atoms with Gasteiger partial charge in [-0.2, -0.15) is 5.10 Å². The first kappa shape index (κ1) is 27.6. The molecule has 38 heavy (non-hydrogen) atoms. The lowest BCUT2D eigenvalue weighted by Crippen LogP contribution is -2.41. The van der Waals surface area contributed by atoms with Gasteiger partial charge in [0, 0.05) is 81.8 Å². The Morgan fingerprint density at radius 3 is 2.68 bits per heavy atom. The van der Waals surface area contributed by atoms with Crippen LogP contribution in [0.1, 0.15) is 58.9 Å². The Morgan fingerprint density at radius 2 is 2.00 bits per heavy atom. The lowest BCUT2D eigenvalue weighted by molar-refractivity contribution is -0.128. The zero-order chi connectivity index (χ0) is 27.1. The number of pyridine rings is 1. The van der Waals surface area contributed by atoms with Crippen molar-refractivity contribution in [1.82, 2.24) is 25.0 Å². The molecule has 3 aromatic rings. The maximum Gasteiger partial charge on any atom is 0.219 e. The van der Waals surface area contributed by atoms with Crippen LogP contribution in [0.5, 0.6) is 0 Å². The summed E-state index contributed by atoms with van der Waals surface area (Å²) in [5.41, 5.74) is 6.75. The van der Waals surface area contributed by atoms with Crippen molar-refractivity contribution >= 4 is 22.3 Å². The van der Waals surface area contributed by atoms with Gasteiger partial charge in [-0.3, -0.25) is 14.5 Å². The number of amides is 1. The fourth-order valence-corrected chi connectivity index (χ4v) is 5.24. The van der Waals surface area contributed by atoms with Crippen molar-refractivity contribution in [2.75, 3.05) is 26.3 Å². The molecule has 7 heteroatoms. The van der Waals surface area contributed by atoms with E-state index in [4.69, 9.17) is 9.72 Å². The molecule has 1 amide bonds. The number of allylic oxidation sites excluding steroid dienone is 1. The second-order valence-electron chi connectivity index (χ2n) is 9.70. The van der Waals surface area contributed by atoms with E-state index in [9.17, 15) is 4.79 Å². The monoisotopic (exact) mass is 515 g/mol. The first-order valence-electron chi connectivity index (χ1n) is 13.9. The van der Waals surface area contributed by atoms with Crippen molar-refractivity contribution < 1.29 is 9.53 Å². The van der Waals surface area contributed by atoms with Crippen LogP contribution in [0.2, 0.25) is 0 Å². The predicted molar refractivity (Wildman–Crippen MR) is 154 cm³/mol. The Bertz CT molecular complexity index is 1320. The quantitative estimate of drug-likeness (QED) is 0.454. The Labute approximate surface area is 226 Å². The number of aromatic nitrogens is 3. The highest BCUT2D eigenvalue weighted by atomic mass is 16.5. The summed E-state index contributed by atoms with van der Waals surface area (Å²) in [4.78, 5) is 19.1. The Hall–Kier alpha value is -3.45. The van der Waals surface area contributed by atoms with Gasteiger partial charge in [0.05, 0.1) is 11.9 Å². The molecule has 0 saturated carbocycles. The number of nitrogens with zero attached hydrogens (tertiary/aromatic N) is 4. The number of hydrogen-bond donors (Lipinski definition) is 1. The van der Waals surface area contributed by atoms with E-state index in [0.29, 0.717) is 12.6 Å². The summed E-state index contributed by atoms with van der Waals surface area (Å²) in [5.74, 6) is 0.120. The summed E-state index contributed by atoms with van der Waals surface area (Å²) >= 11 is 0. The summed E-state index contributed by atoms with van der Waals surface area (Å²) < 4.78 is 7.37. The summed E-state index contributed by atoms with van der Waals surface area (Å²) in [6.07, 6.45) is 11.9. The van der Waals surface area contributed by atoms with Crippen molar-refractivity contribution in [3.05, 3.63) is 65.8 Å². The number of hydrogen-bond acceptors (Lipinski definition) is 5. The molecular weight excluding hydrogens is 474 g/mol. The Kier molecular flexibility index (Phi) is 9.34. The van der Waals surface area contributed by atoms with Crippen LogP contribution in [0.3, 0.4) is 0 Å². The number of carbonyl (C=O) groups excluding carboxylic acids is 1. The highest BCUT2D eigenvalue weighted by Gasteiger charge is 2.26. The zero-order valence-electron chi connectivity index (χ0n) is 23.5. The number of carbonyl (C=O) groups is 1. The zero-order valence-corrected chi connectivity index (χ0v) is 23.5. The van der Waals surface area contributed by atoms with E-state index in [0.717, 1.165) is 73.0 Å². The molecule has 1 saturated heterocycles. The summed E-state index contributed by atoms with van der Waals surface area (Å²) in [6.45, 7) is 10.8. The SMILES string of the molecule is CC.CC/C=C(/C1=C(NC2CCOCC2)CCN(C(C)=O)C1)c1cccc2cc(-c3cnn(C)c3)ncc12. The third-order valence-electron chi connectivity index (χ3n) is 7.18. The second kappa shape index (κ2) is 12.9. The van der Waals surface area contributed by atoms with Gasteiger partial charge in [-0.25, -0.2) is 0 Å². The molecule has 0 radical (unpaired) electrons. The molecule has 2 aliphatic rings. The summed E-state index contributed by atoms with van der Waals surface area (Å²) in [7, 11) is 1.92. The Balaban J connectivity index is 0.00000164. The third-order valence-corrected chi connectivity index (χ3v) is 7.18. The van der Waals surface area contributed by atoms with Gasteiger partial charge in [-0.1, -0.05) is 45.0 Å². The minimum Gasteiger partial charge on any atom is -0.385 e. The highest BCUT2D eigenvalue weighted by Crippen LogP contribution is 2.35. The van der Waals surface area contributed by atoms with Crippen LogP contribution in [-0.4, -0.2) is 57.9 Å². The maximum absolute atomic E-state index is 12.4. The molecule has 7 nitrogen and oxygen atoms in total. The van der Waals surface area contributed by atoms with Crippen molar-refractivity contribution in [2.24, 2.45) is 7.05 Å². The minimum absolute atomic E-state index is 0.120. The highest BCUT2D eigenvalue weighted by molar-refractivity contribution is 5.98. The molecule has 2 aromatic heterocycles. The van der Waals surface area contributed by atoms with Crippen LogP contribution in [0.4, 0.5) is 0 Å². The van der Waals surface area contributed by atoms with Gasteiger partial charge in [-0.05, 0) is 47.4 Å². The number of ether oxygens (including phenoxy) is 1. The average molecular weight is 516 g/mol. The molecule has 1 aromatic carbocycles. The number of fused-ring (bicyclic) bond motifs is 1. The average Bonchev–Trinajstić information content (AvgIpc) is 3.39. The smallest absolute Gasteiger partial charge is 0.219 e. The van der Waals surface area contributed by atoms with Gasteiger partial charge in [-0.15, -0.1) is 0 Å². The lowest BCUT2D eigenvalue weighted by atomic mass is 9.88. The molecule has 202 valence electrons. The van der Waals surface area contributed by atoms with Gasteiger partial charge in [0.2, 0.25) is 5.91 Å². The van der Waals surface area contributed by atoms with Crippen LogP contribution in [0, 0.1) is 0 Å². The van der Waals surface area contributed by atoms with Crippen LogP contribution in [0.15, 0.2) is 60.2 Å². The van der Waals surface area contributed by atoms with Crippen LogP contribution < -0.4 is 5.32 Å². The Morgan fingerprint density at radius 1 is 1.21 bits per heavy atom. The molecule has 0 atom stereocenters. The minimum atomic E-state index is 0.120. The van der Waals surface area contributed by atoms with E-state index in [1.165, 1.54) is 16.8 Å². The third kappa shape index (κ3) is 6.16. The molecule has 0 unspecified atom stereocenters. The molecule has 1 fully saturated rings. The number of benzene rings is 1. The molecule has 0 bridgehead atoms. The topological polar surface area (TPSA) is 72.3 Å². The van der Waals surface area contributed by atoms with Crippen LogP contribution in [-0.2, 0) is 16.6 Å². The van der Waals surface area contributed by atoms with E-state index in [1.54, 1.807) is 11.6 Å². The first-order valence-corrected chi connectivity index (χ1v) is 13.9. The first-order chi connectivity index (χ1) is 18.5. The second-order valence-corrected chi connectivity index (χ2v) is 9.70. The summed E-state index contributed by atoms with van der Waals surface area (Å²) in [5, 5.41) is 10.4. The van der Waals surface area contributed by atoms with Gasteiger partial charge >= 0.3 is 0 Å². The van der Waals surface area contributed by atoms with E-state index in [1.807, 2.05) is 44.4 Å². The van der Waals surface area contributed by atoms with E-state index < -0.39 is 0 Å². The normalized spacial score (nSPS) is 16.9. The fourth-order valence-electron chi connectivity index (χ4n) is 5.24. The van der Waals surface area contributed by atoms with Gasteiger partial charge in [0.25, 0.3) is 0 Å². The number of aryl methyl sites for hydroxylation is 1. The number of nitrogens with one attached hydrogen (secondary N) is 1. The van der Waals surface area contributed by atoms with E-state index in [2.05, 4.69) is 47.7 Å². The molecular formula is C31H41N5O2. The van der Waals surface area contributed by atoms with Crippen molar-refractivity contribution in [3.63, 3.8) is 0 Å². The molecule has 0 aliphatic carbocycles. The van der Waals surface area contributed by atoms with Gasteiger partial charge in [0.1, 0.15) is 0 Å².